The number of halogens is 5. The fraction of sp³-hybridized carbons (Fsp3) is 0.0500. The summed E-state index contributed by atoms with van der Waals surface area (Å²) in [6.45, 7) is 0. The molecule has 2 aromatic heterocycles. The van der Waals surface area contributed by atoms with Crippen molar-refractivity contribution in [1.82, 2.24) is 15.2 Å². The van der Waals surface area contributed by atoms with Crippen molar-refractivity contribution in [1.29, 1.82) is 0 Å². The fourth-order valence-electron chi connectivity index (χ4n) is 3.52. The van der Waals surface area contributed by atoms with Gasteiger partial charge in [-0.3, -0.25) is 10.1 Å². The van der Waals surface area contributed by atoms with Gasteiger partial charge in [-0.2, -0.15) is 18.3 Å². The topological polar surface area (TPSA) is 53.9 Å². The van der Waals surface area contributed by atoms with E-state index in [9.17, 15) is 22.0 Å². The molecule has 3 heterocycles. The first-order valence-corrected chi connectivity index (χ1v) is 8.41. The van der Waals surface area contributed by atoms with Crippen LogP contribution in [0.1, 0.15) is 16.7 Å². The standard InChI is InChI=1S/C20H9F5N4/c21-13-2-1-3-14(22)17(13)19-12-7-26-6-9-4-10(20(23,24)25)5-11(16(9)12)18-15(28-19)8-27-29-18/h1-8H,(H,27,29). The number of alkyl halides is 3. The van der Waals surface area contributed by atoms with E-state index in [2.05, 4.69) is 20.2 Å². The number of hydrogen-bond acceptors (Lipinski definition) is 3. The van der Waals surface area contributed by atoms with Gasteiger partial charge in [-0.15, -0.1) is 0 Å². The number of nitrogens with one attached hydrogen (secondary N) is 1. The van der Waals surface area contributed by atoms with Gasteiger partial charge < -0.3 is 0 Å². The lowest BCUT2D eigenvalue weighted by molar-refractivity contribution is -0.137. The van der Waals surface area contributed by atoms with Gasteiger partial charge in [0.2, 0.25) is 0 Å². The molecule has 0 unspecified atom stereocenters. The number of benzene rings is 2. The summed E-state index contributed by atoms with van der Waals surface area (Å²) in [5.74, 6) is -1.69. The highest BCUT2D eigenvalue weighted by molar-refractivity contribution is 6.24. The van der Waals surface area contributed by atoms with Crippen molar-refractivity contribution in [3.05, 3.63) is 77.2 Å². The zero-order valence-electron chi connectivity index (χ0n) is 14.4. The number of aromatic amines is 1. The number of rotatable bonds is 1. The van der Waals surface area contributed by atoms with Crippen LogP contribution in [0.2, 0.25) is 0 Å². The predicted molar refractivity (Wildman–Crippen MR) is 96.0 cm³/mol. The van der Waals surface area contributed by atoms with Crippen LogP contribution in [0, 0.1) is 11.6 Å². The molecule has 1 N–H and O–H groups in total. The third-order valence-electron chi connectivity index (χ3n) is 4.76. The summed E-state index contributed by atoms with van der Waals surface area (Å²) in [4.78, 5) is 8.33. The zero-order chi connectivity index (χ0) is 20.3. The van der Waals surface area contributed by atoms with Crippen molar-refractivity contribution in [3.63, 3.8) is 0 Å². The summed E-state index contributed by atoms with van der Waals surface area (Å²) in [6.07, 6.45) is -0.689. The lowest BCUT2D eigenvalue weighted by Gasteiger charge is -2.14. The Morgan fingerprint density at radius 1 is 0.897 bits per heavy atom. The van der Waals surface area contributed by atoms with E-state index in [4.69, 9.17) is 0 Å². The van der Waals surface area contributed by atoms with E-state index in [1.54, 1.807) is 0 Å². The maximum Gasteiger partial charge on any atom is 0.416 e. The smallest absolute Gasteiger partial charge is 0.276 e. The molecule has 1 aliphatic heterocycles. The predicted octanol–water partition coefficient (Wildman–Crippen LogP) is 5.40. The van der Waals surface area contributed by atoms with Crippen LogP contribution >= 0.6 is 0 Å². The van der Waals surface area contributed by atoms with Crippen LogP contribution in [0.5, 0.6) is 0 Å². The third kappa shape index (κ3) is 2.61. The average molecular weight is 400 g/mol. The first-order valence-electron chi connectivity index (χ1n) is 8.41. The van der Waals surface area contributed by atoms with Crippen LogP contribution < -0.4 is 0 Å². The minimum atomic E-state index is -4.59. The molecule has 0 spiro atoms. The first-order chi connectivity index (χ1) is 13.8. The minimum absolute atomic E-state index is 0.0696. The Balaban J connectivity index is 1.94. The summed E-state index contributed by atoms with van der Waals surface area (Å²) < 4.78 is 69.4. The van der Waals surface area contributed by atoms with Crippen molar-refractivity contribution < 1.29 is 22.0 Å². The van der Waals surface area contributed by atoms with Gasteiger partial charge in [0.05, 0.1) is 28.7 Å². The lowest BCUT2D eigenvalue weighted by atomic mass is 9.93. The van der Waals surface area contributed by atoms with Crippen LogP contribution in [0.15, 0.2) is 53.9 Å². The second kappa shape index (κ2) is 5.94. The summed E-state index contributed by atoms with van der Waals surface area (Å²) in [6, 6.07) is 5.31. The molecule has 0 saturated heterocycles. The largest absolute Gasteiger partial charge is 0.416 e. The second-order valence-corrected chi connectivity index (χ2v) is 6.49. The van der Waals surface area contributed by atoms with E-state index in [1.807, 2.05) is 0 Å². The van der Waals surface area contributed by atoms with E-state index in [0.717, 1.165) is 24.3 Å². The molecule has 0 atom stereocenters. The number of H-pyrrole nitrogens is 1. The summed E-state index contributed by atoms with van der Waals surface area (Å²) in [5, 5.41) is 7.01. The van der Waals surface area contributed by atoms with Crippen LogP contribution in [-0.2, 0) is 6.18 Å². The van der Waals surface area contributed by atoms with E-state index in [0.29, 0.717) is 5.39 Å². The van der Waals surface area contributed by atoms with E-state index in [-0.39, 0.29) is 39.2 Å². The Bertz CT molecular complexity index is 1300. The molecule has 0 bridgehead atoms. The highest BCUT2D eigenvalue weighted by Gasteiger charge is 2.33. The van der Waals surface area contributed by atoms with Gasteiger partial charge in [0.25, 0.3) is 0 Å². The number of aliphatic imine (C=N–C) groups is 1. The molecule has 9 heteroatoms. The maximum atomic E-state index is 14.5. The molecule has 0 radical (unpaired) electrons. The Morgan fingerprint density at radius 3 is 2.38 bits per heavy atom. The monoisotopic (exact) mass is 400 g/mol. The molecule has 29 heavy (non-hydrogen) atoms. The second-order valence-electron chi connectivity index (χ2n) is 6.49. The number of nitrogens with zero attached hydrogens (tertiary/aromatic N) is 3. The number of pyridine rings is 1. The Morgan fingerprint density at radius 2 is 1.66 bits per heavy atom. The lowest BCUT2D eigenvalue weighted by Crippen LogP contribution is -2.10. The van der Waals surface area contributed by atoms with Gasteiger partial charge in [0, 0.05) is 34.3 Å². The van der Waals surface area contributed by atoms with E-state index < -0.39 is 23.4 Å². The zero-order valence-corrected chi connectivity index (χ0v) is 14.4. The highest BCUT2D eigenvalue weighted by Crippen LogP contribution is 2.43. The molecule has 1 aliphatic rings. The molecular formula is C20H9F5N4. The number of fused-ring (bicyclic) bond motifs is 2. The van der Waals surface area contributed by atoms with E-state index in [1.165, 1.54) is 24.7 Å². The average Bonchev–Trinajstić information content (AvgIpc) is 3.08. The molecule has 4 aromatic rings. The van der Waals surface area contributed by atoms with Crippen molar-refractivity contribution in [2.24, 2.45) is 4.99 Å². The Labute approximate surface area is 159 Å². The maximum absolute atomic E-state index is 14.5. The summed E-state index contributed by atoms with van der Waals surface area (Å²) in [5.41, 5.74) is -0.545. The van der Waals surface area contributed by atoms with Gasteiger partial charge in [0.15, 0.2) is 0 Å². The number of hydrogen-bond donors (Lipinski definition) is 1. The highest BCUT2D eigenvalue weighted by atomic mass is 19.4. The molecule has 5 rings (SSSR count). The van der Waals surface area contributed by atoms with Crippen molar-refractivity contribution >= 4 is 22.2 Å². The van der Waals surface area contributed by atoms with Gasteiger partial charge in [-0.1, -0.05) is 6.07 Å². The SMILES string of the molecule is Fc1cccc(F)c1C1=Nc2cn[nH]c2-c2cc(C(F)(F)F)cc3cncc1c23. The van der Waals surface area contributed by atoms with Gasteiger partial charge in [-0.25, -0.2) is 13.8 Å². The molecule has 0 amide bonds. The van der Waals surface area contributed by atoms with Crippen LogP contribution in [0.4, 0.5) is 27.6 Å². The normalized spacial score (nSPS) is 13.2. The van der Waals surface area contributed by atoms with Crippen LogP contribution in [-0.4, -0.2) is 20.9 Å². The summed E-state index contributed by atoms with van der Waals surface area (Å²) >= 11 is 0. The molecule has 144 valence electrons. The van der Waals surface area contributed by atoms with Crippen molar-refractivity contribution in [2.45, 2.75) is 6.18 Å². The van der Waals surface area contributed by atoms with E-state index >= 15 is 0 Å². The third-order valence-corrected chi connectivity index (χ3v) is 4.76. The van der Waals surface area contributed by atoms with Gasteiger partial charge >= 0.3 is 6.18 Å². The minimum Gasteiger partial charge on any atom is -0.276 e. The molecule has 0 aliphatic carbocycles. The Kier molecular flexibility index (Phi) is 3.58. The number of aromatic nitrogens is 3. The molecule has 2 aromatic carbocycles. The molecule has 4 nitrogen and oxygen atoms in total. The first kappa shape index (κ1) is 17.5. The summed E-state index contributed by atoms with van der Waals surface area (Å²) in [7, 11) is 0. The van der Waals surface area contributed by atoms with Crippen LogP contribution in [0.25, 0.3) is 22.0 Å². The molecular weight excluding hydrogens is 391 g/mol. The van der Waals surface area contributed by atoms with Crippen molar-refractivity contribution in [2.75, 3.05) is 0 Å². The van der Waals surface area contributed by atoms with Gasteiger partial charge in [0.1, 0.15) is 17.3 Å². The van der Waals surface area contributed by atoms with Crippen LogP contribution in [0.3, 0.4) is 0 Å². The fourth-order valence-corrected chi connectivity index (χ4v) is 3.52. The quantitative estimate of drug-likeness (QED) is 0.383. The Hall–Kier alpha value is -3.62. The molecule has 0 fully saturated rings. The van der Waals surface area contributed by atoms with Gasteiger partial charge in [-0.05, 0) is 24.3 Å². The van der Waals surface area contributed by atoms with Crippen molar-refractivity contribution in [3.8, 4) is 11.3 Å². The molecule has 0 saturated carbocycles.